The predicted molar refractivity (Wildman–Crippen MR) is 67.7 cm³/mol. The Balaban J connectivity index is 2.15. The zero-order chi connectivity index (χ0) is 13.1. The number of aliphatic hydroxyl groups excluding tert-OH is 3. The van der Waals surface area contributed by atoms with Crippen molar-refractivity contribution in [2.24, 2.45) is 0 Å². The highest BCUT2D eigenvalue weighted by atomic mass is 16.5. The zero-order valence-corrected chi connectivity index (χ0v) is 10.5. The summed E-state index contributed by atoms with van der Waals surface area (Å²) in [5, 5.41) is 28.9. The van der Waals surface area contributed by atoms with E-state index in [2.05, 4.69) is 0 Å². The van der Waals surface area contributed by atoms with E-state index in [9.17, 15) is 15.3 Å². The molecule has 3 unspecified atom stereocenters. The average Bonchev–Trinajstić information content (AvgIpc) is 2.37. The largest absolute Gasteiger partial charge is 0.491 e. The Bertz CT molecular complexity index is 405. The van der Waals surface area contributed by atoms with Crippen molar-refractivity contribution in [3.63, 3.8) is 0 Å². The third-order valence-electron chi connectivity index (χ3n) is 3.42. The first-order valence-electron chi connectivity index (χ1n) is 6.39. The molecule has 0 aliphatic heterocycles. The average molecular weight is 252 g/mol. The Morgan fingerprint density at radius 3 is 2.72 bits per heavy atom. The van der Waals surface area contributed by atoms with E-state index in [0.717, 1.165) is 11.1 Å². The molecule has 1 aliphatic carbocycles. The van der Waals surface area contributed by atoms with Crippen LogP contribution in [0, 0.1) is 0 Å². The molecule has 0 spiro atoms. The SMILES string of the molecule is CCC(O)COc1cccc2c1CC(O)C(O)C2. The highest BCUT2D eigenvalue weighted by Crippen LogP contribution is 2.30. The lowest BCUT2D eigenvalue weighted by Gasteiger charge is -2.27. The zero-order valence-electron chi connectivity index (χ0n) is 10.5. The molecular weight excluding hydrogens is 232 g/mol. The highest BCUT2D eigenvalue weighted by Gasteiger charge is 2.27. The van der Waals surface area contributed by atoms with Gasteiger partial charge in [0.05, 0.1) is 18.3 Å². The third-order valence-corrected chi connectivity index (χ3v) is 3.42. The first-order chi connectivity index (χ1) is 8.61. The number of benzene rings is 1. The topological polar surface area (TPSA) is 69.9 Å². The van der Waals surface area contributed by atoms with E-state index in [-0.39, 0.29) is 6.61 Å². The fraction of sp³-hybridized carbons (Fsp3) is 0.571. The van der Waals surface area contributed by atoms with Crippen molar-refractivity contribution in [1.29, 1.82) is 0 Å². The summed E-state index contributed by atoms with van der Waals surface area (Å²) < 4.78 is 5.60. The molecule has 0 aromatic heterocycles. The molecule has 0 bridgehead atoms. The second-order valence-corrected chi connectivity index (χ2v) is 4.81. The fourth-order valence-corrected chi connectivity index (χ4v) is 2.18. The summed E-state index contributed by atoms with van der Waals surface area (Å²) in [6.45, 7) is 2.15. The first-order valence-corrected chi connectivity index (χ1v) is 6.39. The maximum absolute atomic E-state index is 9.72. The summed E-state index contributed by atoms with van der Waals surface area (Å²) in [4.78, 5) is 0. The van der Waals surface area contributed by atoms with Gasteiger partial charge in [-0.05, 0) is 18.1 Å². The van der Waals surface area contributed by atoms with Crippen LogP contribution >= 0.6 is 0 Å². The number of fused-ring (bicyclic) bond motifs is 1. The molecule has 1 aromatic carbocycles. The van der Waals surface area contributed by atoms with Crippen LogP contribution in [0.1, 0.15) is 24.5 Å². The van der Waals surface area contributed by atoms with Gasteiger partial charge >= 0.3 is 0 Å². The van der Waals surface area contributed by atoms with Crippen LogP contribution in [0.3, 0.4) is 0 Å². The summed E-state index contributed by atoms with van der Waals surface area (Å²) in [5.74, 6) is 0.700. The van der Waals surface area contributed by atoms with Gasteiger partial charge in [0.25, 0.3) is 0 Å². The molecular formula is C14H20O4. The number of hydrogen-bond donors (Lipinski definition) is 3. The smallest absolute Gasteiger partial charge is 0.122 e. The van der Waals surface area contributed by atoms with Crippen LogP contribution in [0.25, 0.3) is 0 Å². The van der Waals surface area contributed by atoms with Crippen LogP contribution in [-0.2, 0) is 12.8 Å². The molecule has 18 heavy (non-hydrogen) atoms. The molecule has 0 saturated heterocycles. The molecule has 0 radical (unpaired) electrons. The molecule has 0 saturated carbocycles. The van der Waals surface area contributed by atoms with E-state index >= 15 is 0 Å². The lowest BCUT2D eigenvalue weighted by molar-refractivity contribution is 0.0132. The lowest BCUT2D eigenvalue weighted by Crippen LogP contribution is -2.34. The molecule has 0 fully saturated rings. The normalized spacial score (nSPS) is 24.4. The molecule has 1 aromatic rings. The van der Waals surface area contributed by atoms with Crippen LogP contribution in [0.4, 0.5) is 0 Å². The van der Waals surface area contributed by atoms with E-state index in [0.29, 0.717) is 25.0 Å². The lowest BCUT2D eigenvalue weighted by atomic mass is 9.87. The summed E-state index contributed by atoms with van der Waals surface area (Å²) >= 11 is 0. The fourth-order valence-electron chi connectivity index (χ4n) is 2.18. The van der Waals surface area contributed by atoms with E-state index in [4.69, 9.17) is 4.74 Å². The minimum Gasteiger partial charge on any atom is -0.491 e. The maximum atomic E-state index is 9.72. The van der Waals surface area contributed by atoms with Gasteiger partial charge in [0.15, 0.2) is 0 Å². The van der Waals surface area contributed by atoms with Gasteiger partial charge in [0.1, 0.15) is 12.4 Å². The molecule has 4 heteroatoms. The molecule has 100 valence electrons. The Morgan fingerprint density at radius 2 is 2.00 bits per heavy atom. The highest BCUT2D eigenvalue weighted by molar-refractivity contribution is 5.43. The second kappa shape index (κ2) is 5.69. The van der Waals surface area contributed by atoms with Crippen molar-refractivity contribution in [1.82, 2.24) is 0 Å². The van der Waals surface area contributed by atoms with E-state index in [1.807, 2.05) is 25.1 Å². The van der Waals surface area contributed by atoms with Gasteiger partial charge in [-0.15, -0.1) is 0 Å². The Kier molecular flexibility index (Phi) is 4.22. The van der Waals surface area contributed by atoms with Crippen molar-refractivity contribution in [2.45, 2.75) is 44.5 Å². The van der Waals surface area contributed by atoms with E-state index < -0.39 is 18.3 Å². The van der Waals surface area contributed by atoms with E-state index in [1.54, 1.807) is 0 Å². The Hall–Kier alpha value is -1.10. The summed E-state index contributed by atoms with van der Waals surface area (Å²) in [6, 6.07) is 5.65. The van der Waals surface area contributed by atoms with Crippen molar-refractivity contribution in [2.75, 3.05) is 6.61 Å². The quantitative estimate of drug-likeness (QED) is 0.736. The van der Waals surface area contributed by atoms with Crippen LogP contribution < -0.4 is 4.74 Å². The van der Waals surface area contributed by atoms with Gasteiger partial charge in [-0.3, -0.25) is 0 Å². The minimum absolute atomic E-state index is 0.256. The molecule has 1 aliphatic rings. The second-order valence-electron chi connectivity index (χ2n) is 4.81. The molecule has 0 heterocycles. The number of hydrogen-bond acceptors (Lipinski definition) is 4. The van der Waals surface area contributed by atoms with Crippen LogP contribution in [0.5, 0.6) is 5.75 Å². The third kappa shape index (κ3) is 2.83. The van der Waals surface area contributed by atoms with Gasteiger partial charge in [0, 0.05) is 18.4 Å². The standard InChI is InChI=1S/C14H20O4/c1-2-10(15)8-18-14-5-3-4-9-6-12(16)13(17)7-11(9)14/h3-5,10,12-13,15-17H,2,6-8H2,1H3. The Morgan fingerprint density at radius 1 is 1.28 bits per heavy atom. The first kappa shape index (κ1) is 13.3. The van der Waals surface area contributed by atoms with Gasteiger partial charge in [-0.2, -0.15) is 0 Å². The number of rotatable bonds is 4. The van der Waals surface area contributed by atoms with Crippen molar-refractivity contribution < 1.29 is 20.1 Å². The summed E-state index contributed by atoms with van der Waals surface area (Å²) in [7, 11) is 0. The van der Waals surface area contributed by atoms with Gasteiger partial charge < -0.3 is 20.1 Å². The minimum atomic E-state index is -0.738. The van der Waals surface area contributed by atoms with Crippen LogP contribution in [0.2, 0.25) is 0 Å². The maximum Gasteiger partial charge on any atom is 0.122 e. The molecule has 2 rings (SSSR count). The summed E-state index contributed by atoms with van der Waals surface area (Å²) in [5.41, 5.74) is 1.95. The Labute approximate surface area is 107 Å². The van der Waals surface area contributed by atoms with Gasteiger partial charge in [0.2, 0.25) is 0 Å². The summed E-state index contributed by atoms with van der Waals surface area (Å²) in [6.07, 6.45) is -0.415. The predicted octanol–water partition coefficient (Wildman–Crippen LogP) is 0.657. The van der Waals surface area contributed by atoms with Crippen molar-refractivity contribution in [3.05, 3.63) is 29.3 Å². The molecule has 3 N–H and O–H groups in total. The van der Waals surface area contributed by atoms with Crippen LogP contribution in [-0.4, -0.2) is 40.2 Å². The van der Waals surface area contributed by atoms with Crippen molar-refractivity contribution >= 4 is 0 Å². The van der Waals surface area contributed by atoms with Gasteiger partial charge in [-0.25, -0.2) is 0 Å². The van der Waals surface area contributed by atoms with Gasteiger partial charge in [-0.1, -0.05) is 19.1 Å². The van der Waals surface area contributed by atoms with Crippen molar-refractivity contribution in [3.8, 4) is 5.75 Å². The van der Waals surface area contributed by atoms with Crippen LogP contribution in [0.15, 0.2) is 18.2 Å². The molecule has 0 amide bonds. The van der Waals surface area contributed by atoms with E-state index in [1.165, 1.54) is 0 Å². The molecule has 4 nitrogen and oxygen atoms in total. The number of aliphatic hydroxyl groups is 3. The monoisotopic (exact) mass is 252 g/mol. The molecule has 3 atom stereocenters. The number of ether oxygens (including phenoxy) is 1.